The molecule has 2 aliphatic heterocycles. The van der Waals surface area contributed by atoms with Gasteiger partial charge < -0.3 is 19.9 Å². The van der Waals surface area contributed by atoms with E-state index in [0.717, 1.165) is 16.7 Å². The molecule has 1 fully saturated rings. The van der Waals surface area contributed by atoms with Crippen molar-refractivity contribution in [1.29, 1.82) is 0 Å². The highest BCUT2D eigenvalue weighted by atomic mass is 35.5. The molecule has 30 heavy (non-hydrogen) atoms. The Hall–Kier alpha value is -3.17. The molecule has 3 amide bonds. The van der Waals surface area contributed by atoms with E-state index in [-0.39, 0.29) is 24.8 Å². The van der Waals surface area contributed by atoms with E-state index in [1.54, 1.807) is 42.5 Å². The first kappa shape index (κ1) is 20.1. The third kappa shape index (κ3) is 4.07. The summed E-state index contributed by atoms with van der Waals surface area (Å²) < 4.78 is 16.0. The maximum Gasteiger partial charge on any atom is 0.293 e. The summed E-state index contributed by atoms with van der Waals surface area (Å²) in [6, 6.07) is 10.1. The number of carbonyl (C=O) groups is 3. The third-order valence-electron chi connectivity index (χ3n) is 4.32. The fourth-order valence-corrected chi connectivity index (χ4v) is 3.95. The van der Waals surface area contributed by atoms with Crippen LogP contribution in [-0.4, -0.2) is 35.4 Å². The number of hydrogen-bond donors (Lipinski definition) is 1. The summed E-state index contributed by atoms with van der Waals surface area (Å²) in [7, 11) is 0. The Morgan fingerprint density at radius 3 is 2.73 bits per heavy atom. The molecule has 2 N–H and O–H groups in total. The van der Waals surface area contributed by atoms with Crippen LogP contribution in [0.1, 0.15) is 11.1 Å². The summed E-state index contributed by atoms with van der Waals surface area (Å²) in [5.74, 6) is 0.332. The van der Waals surface area contributed by atoms with Crippen LogP contribution in [0.3, 0.4) is 0 Å². The number of primary amides is 1. The zero-order valence-electron chi connectivity index (χ0n) is 15.4. The van der Waals surface area contributed by atoms with Crippen LogP contribution in [0, 0.1) is 0 Å². The second kappa shape index (κ2) is 8.29. The Morgan fingerprint density at radius 2 is 1.97 bits per heavy atom. The van der Waals surface area contributed by atoms with Crippen molar-refractivity contribution in [2.24, 2.45) is 5.73 Å². The normalized spacial score (nSPS) is 16.4. The zero-order chi connectivity index (χ0) is 21.3. The lowest BCUT2D eigenvalue weighted by Crippen LogP contribution is -2.27. The van der Waals surface area contributed by atoms with Crippen LogP contribution >= 0.6 is 23.4 Å². The lowest BCUT2D eigenvalue weighted by molar-refractivity contribution is -0.123. The first-order valence-corrected chi connectivity index (χ1v) is 9.95. The average Bonchev–Trinajstić information content (AvgIpc) is 3.26. The van der Waals surface area contributed by atoms with Crippen LogP contribution in [-0.2, 0) is 16.1 Å². The Bertz CT molecular complexity index is 1090. The molecule has 2 aliphatic rings. The zero-order valence-corrected chi connectivity index (χ0v) is 17.0. The highest BCUT2D eigenvalue weighted by Crippen LogP contribution is 2.39. The highest BCUT2D eigenvalue weighted by molar-refractivity contribution is 8.18. The predicted molar refractivity (Wildman–Crippen MR) is 110 cm³/mol. The van der Waals surface area contributed by atoms with E-state index in [9.17, 15) is 14.4 Å². The molecule has 154 valence electrons. The Kier molecular flexibility index (Phi) is 5.56. The molecule has 0 saturated carbocycles. The van der Waals surface area contributed by atoms with Crippen molar-refractivity contribution in [3.63, 3.8) is 0 Å². The van der Waals surface area contributed by atoms with Crippen LogP contribution in [0.4, 0.5) is 4.79 Å². The summed E-state index contributed by atoms with van der Waals surface area (Å²) in [6.45, 7) is -0.205. The average molecular weight is 447 g/mol. The van der Waals surface area contributed by atoms with E-state index >= 15 is 0 Å². The number of nitrogens with two attached hydrogens (primary N) is 1. The number of thioether (sulfide) groups is 1. The van der Waals surface area contributed by atoms with Crippen molar-refractivity contribution >= 4 is 46.5 Å². The van der Waals surface area contributed by atoms with Gasteiger partial charge in [-0.05, 0) is 35.5 Å². The van der Waals surface area contributed by atoms with Crippen molar-refractivity contribution in [3.8, 4) is 17.2 Å². The van der Waals surface area contributed by atoms with Gasteiger partial charge in [-0.2, -0.15) is 0 Å². The quantitative estimate of drug-likeness (QED) is 0.679. The molecule has 0 bridgehead atoms. The summed E-state index contributed by atoms with van der Waals surface area (Å²) in [6.07, 6.45) is 1.54. The van der Waals surface area contributed by atoms with Crippen LogP contribution in [0.2, 0.25) is 5.02 Å². The van der Waals surface area contributed by atoms with E-state index in [4.69, 9.17) is 31.5 Å². The molecule has 2 aromatic carbocycles. The van der Waals surface area contributed by atoms with Gasteiger partial charge in [0, 0.05) is 16.7 Å². The molecule has 4 rings (SSSR count). The molecule has 1 saturated heterocycles. The van der Waals surface area contributed by atoms with Crippen LogP contribution < -0.4 is 19.9 Å². The van der Waals surface area contributed by atoms with Crippen molar-refractivity contribution in [1.82, 2.24) is 4.90 Å². The van der Waals surface area contributed by atoms with Gasteiger partial charge in [-0.1, -0.05) is 29.8 Å². The number of rotatable bonds is 6. The van der Waals surface area contributed by atoms with Gasteiger partial charge in [0.15, 0.2) is 18.1 Å². The van der Waals surface area contributed by atoms with Gasteiger partial charge >= 0.3 is 0 Å². The minimum Gasteiger partial charge on any atom is -0.483 e. The monoisotopic (exact) mass is 446 g/mol. The molecule has 0 radical (unpaired) electrons. The SMILES string of the molecule is NC(=O)COc1ccccc1/C=C1/SC(=O)N(Cc2cc3c(cc2Cl)OCO3)C1=O. The summed E-state index contributed by atoms with van der Waals surface area (Å²) >= 11 is 7.08. The maximum atomic E-state index is 12.8. The molecular formula is C20H15ClN2O6S. The van der Waals surface area contributed by atoms with E-state index in [1.165, 1.54) is 0 Å². The molecule has 0 unspecified atom stereocenters. The predicted octanol–water partition coefficient (Wildman–Crippen LogP) is 3.17. The van der Waals surface area contributed by atoms with Crippen molar-refractivity contribution in [3.05, 3.63) is 57.5 Å². The van der Waals surface area contributed by atoms with Crippen molar-refractivity contribution in [2.45, 2.75) is 6.54 Å². The molecule has 0 atom stereocenters. The summed E-state index contributed by atoms with van der Waals surface area (Å²) in [5, 5.41) is -0.0528. The van der Waals surface area contributed by atoms with Gasteiger partial charge in [-0.15, -0.1) is 0 Å². The van der Waals surface area contributed by atoms with E-state index in [2.05, 4.69) is 0 Å². The summed E-state index contributed by atoms with van der Waals surface area (Å²) in [4.78, 5) is 37.6. The van der Waals surface area contributed by atoms with Crippen LogP contribution in [0.5, 0.6) is 17.2 Å². The standard InChI is InChI=1S/C20H15ClN2O6S/c21-13-7-16-15(28-10-29-16)5-12(13)8-23-19(25)17(30-20(23)26)6-11-3-1-2-4-14(11)27-9-18(22)24/h1-7H,8-10H2,(H2,22,24)/b17-6+. The molecule has 0 spiro atoms. The molecule has 8 nitrogen and oxygen atoms in total. The van der Waals surface area contributed by atoms with Crippen LogP contribution in [0.25, 0.3) is 6.08 Å². The molecule has 10 heteroatoms. The smallest absolute Gasteiger partial charge is 0.293 e. The summed E-state index contributed by atoms with van der Waals surface area (Å²) in [5.41, 5.74) is 6.23. The number of hydrogen-bond acceptors (Lipinski definition) is 7. The number of ether oxygens (including phenoxy) is 3. The van der Waals surface area contributed by atoms with Gasteiger partial charge in [0.25, 0.3) is 17.1 Å². The first-order chi connectivity index (χ1) is 14.4. The number of benzene rings is 2. The fourth-order valence-electron chi connectivity index (χ4n) is 2.91. The number of para-hydroxylation sites is 1. The number of carbonyl (C=O) groups excluding carboxylic acids is 3. The lowest BCUT2D eigenvalue weighted by Gasteiger charge is -2.14. The highest BCUT2D eigenvalue weighted by Gasteiger charge is 2.36. The molecule has 0 aliphatic carbocycles. The number of amides is 3. The minimum absolute atomic E-state index is 0.00268. The molecule has 2 heterocycles. The topological polar surface area (TPSA) is 108 Å². The van der Waals surface area contributed by atoms with Gasteiger partial charge in [0.1, 0.15) is 5.75 Å². The van der Waals surface area contributed by atoms with Gasteiger partial charge in [0.05, 0.1) is 11.4 Å². The molecular weight excluding hydrogens is 432 g/mol. The van der Waals surface area contributed by atoms with Gasteiger partial charge in [-0.25, -0.2) is 0 Å². The Labute approximate surface area is 180 Å². The number of fused-ring (bicyclic) bond motifs is 1. The second-order valence-electron chi connectivity index (χ2n) is 6.36. The third-order valence-corrected chi connectivity index (χ3v) is 5.58. The first-order valence-electron chi connectivity index (χ1n) is 8.76. The molecule has 2 aromatic rings. The fraction of sp³-hybridized carbons (Fsp3) is 0.150. The van der Waals surface area contributed by atoms with E-state index < -0.39 is 17.1 Å². The number of nitrogens with zero attached hydrogens (tertiary/aromatic N) is 1. The Morgan fingerprint density at radius 1 is 1.23 bits per heavy atom. The van der Waals surface area contributed by atoms with Gasteiger partial charge in [-0.3, -0.25) is 19.3 Å². The lowest BCUT2D eigenvalue weighted by atomic mass is 10.1. The van der Waals surface area contributed by atoms with Crippen molar-refractivity contribution in [2.75, 3.05) is 13.4 Å². The largest absolute Gasteiger partial charge is 0.483 e. The number of imide groups is 1. The van der Waals surface area contributed by atoms with E-state index in [0.29, 0.717) is 33.4 Å². The number of halogens is 1. The van der Waals surface area contributed by atoms with Crippen LogP contribution in [0.15, 0.2) is 41.3 Å². The van der Waals surface area contributed by atoms with E-state index in [1.807, 2.05) is 0 Å². The van der Waals surface area contributed by atoms with Gasteiger partial charge in [0.2, 0.25) is 6.79 Å². The van der Waals surface area contributed by atoms with Crippen molar-refractivity contribution < 1.29 is 28.6 Å². The Balaban J connectivity index is 1.56. The maximum absolute atomic E-state index is 12.8. The second-order valence-corrected chi connectivity index (χ2v) is 7.76. The minimum atomic E-state index is -0.620. The molecule has 0 aromatic heterocycles.